The number of hydrogen-bond acceptors (Lipinski definition) is 3. The fourth-order valence-corrected chi connectivity index (χ4v) is 1.59. The van der Waals surface area contributed by atoms with Crippen molar-refractivity contribution in [1.82, 2.24) is 14.1 Å². The lowest BCUT2D eigenvalue weighted by Gasteiger charge is -2.04. The zero-order valence-electron chi connectivity index (χ0n) is 9.75. The maximum absolute atomic E-state index is 12.1. The molecule has 0 radical (unpaired) electrons. The van der Waals surface area contributed by atoms with Gasteiger partial charge in [0.25, 0.3) is 5.56 Å². The number of aromatic nitrogens is 3. The van der Waals surface area contributed by atoms with Gasteiger partial charge in [-0.05, 0) is 13.0 Å². The normalized spacial score (nSPS) is 10.5. The van der Waals surface area contributed by atoms with Crippen molar-refractivity contribution in [1.29, 1.82) is 0 Å². The van der Waals surface area contributed by atoms with Crippen LogP contribution in [0.25, 0.3) is 0 Å². The number of nitrogens with zero attached hydrogens (tertiary/aromatic N) is 3. The zero-order valence-corrected chi connectivity index (χ0v) is 9.75. The van der Waals surface area contributed by atoms with E-state index in [1.165, 1.54) is 10.6 Å². The Morgan fingerprint density at radius 2 is 2.18 bits per heavy atom. The third-order valence-electron chi connectivity index (χ3n) is 2.63. The van der Waals surface area contributed by atoms with Gasteiger partial charge in [-0.3, -0.25) is 9.59 Å². The molecule has 5 heteroatoms. The highest BCUT2D eigenvalue weighted by atomic mass is 16.1. The van der Waals surface area contributed by atoms with Gasteiger partial charge >= 0.3 is 0 Å². The maximum Gasteiger partial charge on any atom is 0.250 e. The Bertz CT molecular complexity index is 610. The van der Waals surface area contributed by atoms with Crippen LogP contribution in [0.1, 0.15) is 23.1 Å². The largest absolute Gasteiger partial charge is 0.328 e. The molecule has 2 aromatic rings. The number of pyridine rings is 1. The van der Waals surface area contributed by atoms with Gasteiger partial charge in [-0.15, -0.1) is 0 Å². The Hall–Kier alpha value is -2.17. The summed E-state index contributed by atoms with van der Waals surface area (Å²) in [4.78, 5) is 27.6. The molecule has 2 heterocycles. The molecular formula is C12H13N3O2. The monoisotopic (exact) mass is 231 g/mol. The topological polar surface area (TPSA) is 56.9 Å². The molecule has 0 atom stereocenters. The number of aryl methyl sites for hydroxylation is 2. The summed E-state index contributed by atoms with van der Waals surface area (Å²) in [5.74, 6) is 0.135. The molecule has 0 aliphatic heterocycles. The molecule has 2 aromatic heterocycles. The molecule has 0 unspecified atom stereocenters. The SMILES string of the molecule is CCn1ccnc1C(=O)c1ccn(C)c(=O)c1. The van der Waals surface area contributed by atoms with E-state index in [1.807, 2.05) is 6.92 Å². The van der Waals surface area contributed by atoms with Gasteiger partial charge in [-0.1, -0.05) is 0 Å². The van der Waals surface area contributed by atoms with E-state index < -0.39 is 0 Å². The molecule has 5 nitrogen and oxygen atoms in total. The van der Waals surface area contributed by atoms with Crippen molar-refractivity contribution in [3.8, 4) is 0 Å². The molecule has 0 saturated heterocycles. The summed E-state index contributed by atoms with van der Waals surface area (Å²) in [5.41, 5.74) is 0.166. The van der Waals surface area contributed by atoms with Crippen molar-refractivity contribution in [2.45, 2.75) is 13.5 Å². The van der Waals surface area contributed by atoms with Crippen LogP contribution in [0.2, 0.25) is 0 Å². The average molecular weight is 231 g/mol. The van der Waals surface area contributed by atoms with Gasteiger partial charge in [0.1, 0.15) is 0 Å². The number of imidazole rings is 1. The zero-order chi connectivity index (χ0) is 12.4. The lowest BCUT2D eigenvalue weighted by atomic mass is 10.1. The molecule has 0 N–H and O–H groups in total. The van der Waals surface area contributed by atoms with Gasteiger partial charge in [0.05, 0.1) is 0 Å². The summed E-state index contributed by atoms with van der Waals surface area (Å²) in [6.45, 7) is 2.61. The Morgan fingerprint density at radius 3 is 2.82 bits per heavy atom. The van der Waals surface area contributed by atoms with Crippen LogP contribution in [-0.4, -0.2) is 19.9 Å². The predicted octanol–water partition coefficient (Wildman–Crippen LogP) is 0.833. The van der Waals surface area contributed by atoms with Gasteiger partial charge in [0, 0.05) is 43.8 Å². The first kappa shape index (κ1) is 11.3. The van der Waals surface area contributed by atoms with E-state index in [1.54, 1.807) is 36.3 Å². The van der Waals surface area contributed by atoms with Gasteiger partial charge in [-0.2, -0.15) is 0 Å². The van der Waals surface area contributed by atoms with Crippen molar-refractivity contribution in [2.75, 3.05) is 0 Å². The minimum atomic E-state index is -0.227. The van der Waals surface area contributed by atoms with E-state index >= 15 is 0 Å². The van der Waals surface area contributed by atoms with Crippen molar-refractivity contribution in [2.24, 2.45) is 7.05 Å². The second-order valence-corrected chi connectivity index (χ2v) is 3.73. The summed E-state index contributed by atoms with van der Waals surface area (Å²) in [5, 5.41) is 0. The molecular weight excluding hydrogens is 218 g/mol. The number of ketones is 1. The van der Waals surface area contributed by atoms with Crippen molar-refractivity contribution in [3.05, 3.63) is 52.5 Å². The van der Waals surface area contributed by atoms with Crippen LogP contribution in [0.3, 0.4) is 0 Å². The summed E-state index contributed by atoms with van der Waals surface area (Å²) in [6, 6.07) is 2.95. The quantitative estimate of drug-likeness (QED) is 0.735. The van der Waals surface area contributed by atoms with Crippen LogP contribution in [0.4, 0.5) is 0 Å². The highest BCUT2D eigenvalue weighted by molar-refractivity contribution is 6.06. The Morgan fingerprint density at radius 1 is 1.41 bits per heavy atom. The molecule has 0 saturated carbocycles. The first-order chi connectivity index (χ1) is 8.13. The van der Waals surface area contributed by atoms with E-state index in [2.05, 4.69) is 4.98 Å². The molecule has 0 aliphatic carbocycles. The van der Waals surface area contributed by atoms with Gasteiger partial charge in [0.2, 0.25) is 5.78 Å². The van der Waals surface area contributed by atoms with E-state index in [9.17, 15) is 9.59 Å². The predicted molar refractivity (Wildman–Crippen MR) is 63.0 cm³/mol. The van der Waals surface area contributed by atoms with Crippen LogP contribution in [0, 0.1) is 0 Å². The summed E-state index contributed by atoms with van der Waals surface area (Å²) in [6.07, 6.45) is 4.90. The number of hydrogen-bond donors (Lipinski definition) is 0. The van der Waals surface area contributed by atoms with Gasteiger partial charge in [0.15, 0.2) is 5.82 Å². The molecule has 0 amide bonds. The van der Waals surface area contributed by atoms with Crippen molar-refractivity contribution < 1.29 is 4.79 Å². The maximum atomic E-state index is 12.1. The highest BCUT2D eigenvalue weighted by Gasteiger charge is 2.14. The Kier molecular flexibility index (Phi) is 2.91. The van der Waals surface area contributed by atoms with Crippen LogP contribution >= 0.6 is 0 Å². The Labute approximate surface area is 98.3 Å². The molecule has 0 aliphatic rings. The molecule has 0 aromatic carbocycles. The summed E-state index contributed by atoms with van der Waals surface area (Å²) < 4.78 is 3.17. The van der Waals surface area contributed by atoms with Crippen LogP contribution < -0.4 is 5.56 Å². The van der Waals surface area contributed by atoms with E-state index in [-0.39, 0.29) is 11.3 Å². The second-order valence-electron chi connectivity index (χ2n) is 3.73. The lowest BCUT2D eigenvalue weighted by molar-refractivity contribution is 0.102. The summed E-state index contributed by atoms with van der Waals surface area (Å²) >= 11 is 0. The molecule has 17 heavy (non-hydrogen) atoms. The molecule has 0 bridgehead atoms. The van der Waals surface area contributed by atoms with Crippen LogP contribution in [0.15, 0.2) is 35.5 Å². The second kappa shape index (κ2) is 4.37. The van der Waals surface area contributed by atoms with E-state index in [4.69, 9.17) is 0 Å². The lowest BCUT2D eigenvalue weighted by Crippen LogP contribution is -2.18. The Balaban J connectivity index is 2.44. The van der Waals surface area contributed by atoms with Crippen LogP contribution in [0.5, 0.6) is 0 Å². The third kappa shape index (κ3) is 2.04. The molecule has 2 rings (SSSR count). The molecule has 0 fully saturated rings. The minimum absolute atomic E-state index is 0.203. The fraction of sp³-hybridized carbons (Fsp3) is 0.250. The number of carbonyl (C=O) groups excluding carboxylic acids is 1. The summed E-state index contributed by atoms with van der Waals surface area (Å²) in [7, 11) is 1.64. The number of carbonyl (C=O) groups is 1. The first-order valence-corrected chi connectivity index (χ1v) is 5.36. The van der Waals surface area contributed by atoms with Crippen molar-refractivity contribution in [3.63, 3.8) is 0 Å². The minimum Gasteiger partial charge on any atom is -0.328 e. The first-order valence-electron chi connectivity index (χ1n) is 5.36. The number of rotatable bonds is 3. The highest BCUT2D eigenvalue weighted by Crippen LogP contribution is 2.06. The smallest absolute Gasteiger partial charge is 0.250 e. The van der Waals surface area contributed by atoms with E-state index in [0.717, 1.165) is 0 Å². The van der Waals surface area contributed by atoms with E-state index in [0.29, 0.717) is 17.9 Å². The fourth-order valence-electron chi connectivity index (χ4n) is 1.59. The third-order valence-corrected chi connectivity index (χ3v) is 2.63. The average Bonchev–Trinajstić information content (AvgIpc) is 2.80. The molecule has 88 valence electrons. The standard InChI is InChI=1S/C12H13N3O2/c1-3-15-7-5-13-12(15)11(17)9-4-6-14(2)10(16)8-9/h4-8H,3H2,1-2H3. The van der Waals surface area contributed by atoms with Gasteiger partial charge in [-0.25, -0.2) is 4.98 Å². The van der Waals surface area contributed by atoms with Gasteiger partial charge < -0.3 is 9.13 Å². The van der Waals surface area contributed by atoms with Crippen LogP contribution in [-0.2, 0) is 13.6 Å². The van der Waals surface area contributed by atoms with Crippen molar-refractivity contribution >= 4 is 5.78 Å². The molecule has 0 spiro atoms.